The molecule has 1 aromatic rings. The maximum absolute atomic E-state index is 12.0. The third kappa shape index (κ3) is 3.85. The zero-order chi connectivity index (χ0) is 15.4. The Morgan fingerprint density at radius 3 is 3.09 bits per heavy atom. The van der Waals surface area contributed by atoms with Crippen LogP contribution < -0.4 is 16.4 Å². The second kappa shape index (κ2) is 6.92. The number of hydrogen-bond donors (Lipinski definition) is 3. The quantitative estimate of drug-likeness (QED) is 0.750. The number of anilines is 1. The number of fused-ring (bicyclic) bond motifs is 1. The van der Waals surface area contributed by atoms with Crippen molar-refractivity contribution in [2.24, 2.45) is 5.73 Å². The van der Waals surface area contributed by atoms with Crippen molar-refractivity contribution in [3.05, 3.63) is 35.2 Å². The highest BCUT2D eigenvalue weighted by Gasteiger charge is 2.17. The number of rotatable bonds is 3. The van der Waals surface area contributed by atoms with E-state index in [4.69, 9.17) is 5.73 Å². The van der Waals surface area contributed by atoms with E-state index in [9.17, 15) is 4.79 Å². The summed E-state index contributed by atoms with van der Waals surface area (Å²) in [5.41, 5.74) is 10.3. The summed E-state index contributed by atoms with van der Waals surface area (Å²) >= 11 is 0. The van der Waals surface area contributed by atoms with Crippen LogP contribution in [0.25, 0.3) is 0 Å². The van der Waals surface area contributed by atoms with Crippen LogP contribution in [0.1, 0.15) is 43.4 Å². The fourth-order valence-electron chi connectivity index (χ4n) is 3.15. The molecule has 0 radical (unpaired) electrons. The molecule has 2 amide bonds. The molecule has 5 heteroatoms. The van der Waals surface area contributed by atoms with Crippen molar-refractivity contribution in [2.45, 2.75) is 51.0 Å². The molecule has 1 heterocycles. The van der Waals surface area contributed by atoms with Gasteiger partial charge in [0.25, 0.3) is 0 Å². The number of pyridine rings is 1. The number of nitrogens with one attached hydrogen (secondary N) is 2. The second-order valence-corrected chi connectivity index (χ2v) is 6.25. The topological polar surface area (TPSA) is 80.0 Å². The predicted molar refractivity (Wildman–Crippen MR) is 87.8 cm³/mol. The third-order valence-corrected chi connectivity index (χ3v) is 4.41. The van der Waals surface area contributed by atoms with Crippen molar-refractivity contribution in [3.63, 3.8) is 0 Å². The van der Waals surface area contributed by atoms with E-state index in [1.165, 1.54) is 18.4 Å². The Morgan fingerprint density at radius 2 is 2.27 bits per heavy atom. The Bertz CT molecular complexity index is 582. The molecule has 1 aromatic heterocycles. The summed E-state index contributed by atoms with van der Waals surface area (Å²) in [5, 5.41) is 5.78. The zero-order valence-corrected chi connectivity index (χ0v) is 12.9. The number of aromatic nitrogens is 1. The highest BCUT2D eigenvalue weighted by Crippen LogP contribution is 2.21. The number of nitrogens with zero attached hydrogens (tertiary/aromatic N) is 1. The van der Waals surface area contributed by atoms with E-state index in [-0.39, 0.29) is 12.1 Å². The smallest absolute Gasteiger partial charge is 0.319 e. The fraction of sp³-hybridized carbons (Fsp3) is 0.529. The van der Waals surface area contributed by atoms with Gasteiger partial charge < -0.3 is 16.4 Å². The van der Waals surface area contributed by atoms with E-state index in [1.807, 2.05) is 6.07 Å². The Morgan fingerprint density at radius 1 is 1.36 bits per heavy atom. The van der Waals surface area contributed by atoms with Crippen LogP contribution in [0.15, 0.2) is 23.9 Å². The predicted octanol–water partition coefficient (Wildman–Crippen LogP) is 2.52. The average Bonchev–Trinajstić information content (AvgIpc) is 2.53. The van der Waals surface area contributed by atoms with Crippen molar-refractivity contribution < 1.29 is 4.79 Å². The first-order valence-electron chi connectivity index (χ1n) is 8.17. The first kappa shape index (κ1) is 15.0. The van der Waals surface area contributed by atoms with E-state index < -0.39 is 0 Å². The Kier molecular flexibility index (Phi) is 4.73. The Labute approximate surface area is 131 Å². The molecule has 2 aliphatic carbocycles. The molecule has 0 fully saturated rings. The lowest BCUT2D eigenvalue weighted by molar-refractivity contribution is 0.252. The SMILES string of the molecule is NC1CCc2ncc(NC(=O)NCC3=CCCCC3)cc2C1. The van der Waals surface area contributed by atoms with Crippen LogP contribution in [0.5, 0.6) is 0 Å². The molecular formula is C17H24N4O. The lowest BCUT2D eigenvalue weighted by Crippen LogP contribution is -2.31. The lowest BCUT2D eigenvalue weighted by atomic mass is 9.92. The molecule has 0 saturated carbocycles. The Hall–Kier alpha value is -1.88. The fourth-order valence-corrected chi connectivity index (χ4v) is 3.15. The van der Waals surface area contributed by atoms with Gasteiger partial charge >= 0.3 is 6.03 Å². The number of aryl methyl sites for hydroxylation is 1. The average molecular weight is 300 g/mol. The van der Waals surface area contributed by atoms with Gasteiger partial charge in [0.1, 0.15) is 0 Å². The molecule has 0 spiro atoms. The number of amides is 2. The minimum absolute atomic E-state index is 0.173. The van der Waals surface area contributed by atoms with Crippen LogP contribution >= 0.6 is 0 Å². The standard InChI is InChI=1S/C17H24N4O/c18-14-6-7-16-13(8-14)9-15(11-19-16)21-17(22)20-10-12-4-2-1-3-5-12/h4,9,11,14H,1-3,5-8,10,18H2,(H2,20,21,22). The zero-order valence-electron chi connectivity index (χ0n) is 12.9. The van der Waals surface area contributed by atoms with Crippen LogP contribution in [0.4, 0.5) is 10.5 Å². The minimum Gasteiger partial charge on any atom is -0.334 e. The highest BCUT2D eigenvalue weighted by atomic mass is 16.2. The monoisotopic (exact) mass is 300 g/mol. The van der Waals surface area contributed by atoms with Crippen LogP contribution in [0.3, 0.4) is 0 Å². The maximum Gasteiger partial charge on any atom is 0.319 e. The van der Waals surface area contributed by atoms with E-state index in [2.05, 4.69) is 21.7 Å². The van der Waals surface area contributed by atoms with Crippen molar-refractivity contribution in [3.8, 4) is 0 Å². The largest absolute Gasteiger partial charge is 0.334 e. The molecule has 0 aromatic carbocycles. The number of urea groups is 1. The van der Waals surface area contributed by atoms with Crippen LogP contribution in [-0.2, 0) is 12.8 Å². The van der Waals surface area contributed by atoms with Gasteiger partial charge in [-0.05, 0) is 56.6 Å². The van der Waals surface area contributed by atoms with Crippen molar-refractivity contribution in [1.29, 1.82) is 0 Å². The molecule has 2 aliphatic rings. The van der Waals surface area contributed by atoms with Crippen molar-refractivity contribution in [2.75, 3.05) is 11.9 Å². The van der Waals surface area contributed by atoms with Gasteiger partial charge in [-0.15, -0.1) is 0 Å². The molecule has 0 bridgehead atoms. The van der Waals surface area contributed by atoms with Gasteiger partial charge in [0.2, 0.25) is 0 Å². The molecule has 22 heavy (non-hydrogen) atoms. The normalized spacial score (nSPS) is 20.8. The van der Waals surface area contributed by atoms with E-state index in [0.29, 0.717) is 6.54 Å². The molecule has 0 saturated heterocycles. The maximum atomic E-state index is 12.0. The summed E-state index contributed by atoms with van der Waals surface area (Å²) in [4.78, 5) is 16.4. The summed E-state index contributed by atoms with van der Waals surface area (Å²) in [5.74, 6) is 0. The molecule has 1 unspecified atom stereocenters. The third-order valence-electron chi connectivity index (χ3n) is 4.41. The van der Waals surface area contributed by atoms with E-state index >= 15 is 0 Å². The van der Waals surface area contributed by atoms with Crippen molar-refractivity contribution in [1.82, 2.24) is 10.3 Å². The van der Waals surface area contributed by atoms with Crippen LogP contribution in [0.2, 0.25) is 0 Å². The first-order valence-corrected chi connectivity index (χ1v) is 8.17. The van der Waals surface area contributed by atoms with Crippen LogP contribution in [-0.4, -0.2) is 23.6 Å². The summed E-state index contributed by atoms with van der Waals surface area (Å²) in [6, 6.07) is 2.03. The summed E-state index contributed by atoms with van der Waals surface area (Å²) in [6.45, 7) is 0.634. The van der Waals surface area contributed by atoms with Gasteiger partial charge in [0.15, 0.2) is 0 Å². The molecule has 0 aliphatic heterocycles. The molecule has 1 atom stereocenters. The van der Waals surface area contributed by atoms with Gasteiger partial charge in [-0.1, -0.05) is 11.6 Å². The van der Waals surface area contributed by atoms with Gasteiger partial charge in [-0.3, -0.25) is 4.98 Å². The molecule has 118 valence electrons. The lowest BCUT2D eigenvalue weighted by Gasteiger charge is -2.21. The van der Waals surface area contributed by atoms with Gasteiger partial charge in [0.05, 0.1) is 11.9 Å². The van der Waals surface area contributed by atoms with Gasteiger partial charge in [0, 0.05) is 18.3 Å². The van der Waals surface area contributed by atoms with Crippen LogP contribution in [0, 0.1) is 0 Å². The molecular weight excluding hydrogens is 276 g/mol. The number of carbonyl (C=O) groups is 1. The van der Waals surface area contributed by atoms with Crippen molar-refractivity contribution >= 4 is 11.7 Å². The molecule has 3 rings (SSSR count). The number of carbonyl (C=O) groups excluding carboxylic acids is 1. The Balaban J connectivity index is 1.55. The summed E-state index contributed by atoms with van der Waals surface area (Å²) in [6.07, 6.45) is 11.4. The van der Waals surface area contributed by atoms with E-state index in [1.54, 1.807) is 6.20 Å². The highest BCUT2D eigenvalue weighted by molar-refractivity contribution is 5.89. The van der Waals surface area contributed by atoms with E-state index in [0.717, 1.165) is 49.0 Å². The number of allylic oxidation sites excluding steroid dienone is 1. The number of hydrogen-bond acceptors (Lipinski definition) is 3. The second-order valence-electron chi connectivity index (χ2n) is 6.25. The summed E-state index contributed by atoms with van der Waals surface area (Å²) < 4.78 is 0. The first-order chi connectivity index (χ1) is 10.7. The minimum atomic E-state index is -0.173. The molecule has 5 nitrogen and oxygen atoms in total. The van der Waals surface area contributed by atoms with Gasteiger partial charge in [-0.2, -0.15) is 0 Å². The van der Waals surface area contributed by atoms with Gasteiger partial charge in [-0.25, -0.2) is 4.79 Å². The summed E-state index contributed by atoms with van der Waals surface area (Å²) in [7, 11) is 0. The number of nitrogens with two attached hydrogens (primary N) is 1. The molecule has 4 N–H and O–H groups in total.